The summed E-state index contributed by atoms with van der Waals surface area (Å²) in [5, 5.41) is 9.42. The number of carbonyl (C=O) groups is 1. The average Bonchev–Trinajstić information content (AvgIpc) is 2.39. The van der Waals surface area contributed by atoms with Crippen molar-refractivity contribution in [3.05, 3.63) is 24.0 Å². The lowest BCUT2D eigenvalue weighted by atomic mass is 9.93. The molecule has 1 aromatic heterocycles. The molecule has 0 spiro atoms. The number of nitrogens with two attached hydrogens (primary N) is 1. The Kier molecular flexibility index (Phi) is 4.37. The minimum atomic E-state index is -0.532. The highest BCUT2D eigenvalue weighted by molar-refractivity contribution is 5.74. The molecule has 5 heteroatoms. The van der Waals surface area contributed by atoms with E-state index in [9.17, 15) is 9.90 Å². The molecule has 0 unspecified atom stereocenters. The Hall–Kier alpha value is -1.62. The van der Waals surface area contributed by atoms with E-state index >= 15 is 0 Å². The average molecular weight is 263 g/mol. The van der Waals surface area contributed by atoms with Crippen LogP contribution in [0.3, 0.4) is 0 Å². The third-order valence-corrected chi connectivity index (χ3v) is 3.67. The third kappa shape index (κ3) is 3.67. The van der Waals surface area contributed by atoms with Crippen molar-refractivity contribution in [3.8, 4) is 0 Å². The van der Waals surface area contributed by atoms with Crippen LogP contribution in [0.2, 0.25) is 0 Å². The van der Waals surface area contributed by atoms with E-state index in [2.05, 4.69) is 9.88 Å². The van der Waals surface area contributed by atoms with Gasteiger partial charge in [-0.05, 0) is 37.8 Å². The minimum absolute atomic E-state index is 0.207. The fourth-order valence-corrected chi connectivity index (χ4v) is 2.51. The van der Waals surface area contributed by atoms with Crippen molar-refractivity contribution in [2.24, 2.45) is 11.7 Å². The van der Waals surface area contributed by atoms with Gasteiger partial charge in [0.25, 0.3) is 0 Å². The number of hydrogen-bond donors (Lipinski definition) is 2. The van der Waals surface area contributed by atoms with Gasteiger partial charge in [0.2, 0.25) is 5.91 Å². The predicted molar refractivity (Wildman–Crippen MR) is 73.6 cm³/mol. The van der Waals surface area contributed by atoms with Gasteiger partial charge in [-0.3, -0.25) is 9.78 Å². The van der Waals surface area contributed by atoms with Crippen LogP contribution in [0.25, 0.3) is 0 Å². The lowest BCUT2D eigenvalue weighted by Gasteiger charge is -2.33. The minimum Gasteiger partial charge on any atom is -0.387 e. The molecule has 0 radical (unpaired) electrons. The Labute approximate surface area is 113 Å². The molecule has 2 heterocycles. The number of aliphatic hydroxyl groups is 1. The second-order valence-electron chi connectivity index (χ2n) is 5.22. The van der Waals surface area contributed by atoms with E-state index in [-0.39, 0.29) is 5.91 Å². The first-order valence-electron chi connectivity index (χ1n) is 6.73. The van der Waals surface area contributed by atoms with E-state index in [0.717, 1.165) is 31.6 Å². The van der Waals surface area contributed by atoms with Gasteiger partial charge >= 0.3 is 0 Å². The van der Waals surface area contributed by atoms with Crippen molar-refractivity contribution in [3.63, 3.8) is 0 Å². The molecular weight excluding hydrogens is 242 g/mol. The van der Waals surface area contributed by atoms with Gasteiger partial charge in [-0.2, -0.15) is 0 Å². The summed E-state index contributed by atoms with van der Waals surface area (Å²) in [7, 11) is 0. The maximum absolute atomic E-state index is 10.9. The Morgan fingerprint density at radius 3 is 2.68 bits per heavy atom. The van der Waals surface area contributed by atoms with Gasteiger partial charge in [-0.25, -0.2) is 0 Å². The first-order chi connectivity index (χ1) is 9.06. The number of aliphatic hydroxyl groups excluding tert-OH is 1. The maximum Gasteiger partial charge on any atom is 0.217 e. The second kappa shape index (κ2) is 6.02. The van der Waals surface area contributed by atoms with Crippen LogP contribution in [0, 0.1) is 5.92 Å². The SMILES string of the molecule is C[C@@H](O)c1ccc(N2CCC(CC(N)=O)CC2)cn1. The standard InChI is InChI=1S/C14H21N3O2/c1-10(18)13-3-2-12(9-16-13)17-6-4-11(5-7-17)8-14(15)19/h2-3,9-11,18H,4-8H2,1H3,(H2,15,19)/t10-/m1/s1. The van der Waals surface area contributed by atoms with Gasteiger partial charge in [0.15, 0.2) is 0 Å². The monoisotopic (exact) mass is 263 g/mol. The van der Waals surface area contributed by atoms with Crippen LogP contribution in [0.1, 0.15) is 38.0 Å². The quantitative estimate of drug-likeness (QED) is 0.856. The molecule has 1 amide bonds. The summed E-state index contributed by atoms with van der Waals surface area (Å²) >= 11 is 0. The molecule has 1 aromatic rings. The van der Waals surface area contributed by atoms with Crippen LogP contribution in [0.5, 0.6) is 0 Å². The molecule has 5 nitrogen and oxygen atoms in total. The number of hydrogen-bond acceptors (Lipinski definition) is 4. The summed E-state index contributed by atoms with van der Waals surface area (Å²) in [6.07, 6.45) is 3.74. The van der Waals surface area contributed by atoms with Crippen molar-refractivity contribution in [1.29, 1.82) is 0 Å². The number of pyridine rings is 1. The zero-order chi connectivity index (χ0) is 13.8. The molecule has 0 bridgehead atoms. The number of piperidine rings is 1. The second-order valence-corrected chi connectivity index (χ2v) is 5.22. The van der Waals surface area contributed by atoms with E-state index in [1.807, 2.05) is 12.1 Å². The molecular formula is C14H21N3O2. The molecule has 19 heavy (non-hydrogen) atoms. The Morgan fingerprint density at radius 2 is 2.21 bits per heavy atom. The number of rotatable bonds is 4. The van der Waals surface area contributed by atoms with E-state index in [4.69, 9.17) is 5.73 Å². The van der Waals surface area contributed by atoms with E-state index in [1.165, 1.54) is 0 Å². The molecule has 3 N–H and O–H groups in total. The van der Waals surface area contributed by atoms with Crippen molar-refractivity contribution in [2.45, 2.75) is 32.3 Å². The highest BCUT2D eigenvalue weighted by Crippen LogP contribution is 2.25. The van der Waals surface area contributed by atoms with E-state index in [0.29, 0.717) is 18.0 Å². The van der Waals surface area contributed by atoms with Crippen molar-refractivity contribution >= 4 is 11.6 Å². The first kappa shape index (κ1) is 13.8. The molecule has 0 aromatic carbocycles. The van der Waals surface area contributed by atoms with E-state index in [1.54, 1.807) is 13.1 Å². The molecule has 1 aliphatic rings. The van der Waals surface area contributed by atoms with Crippen LogP contribution in [-0.2, 0) is 4.79 Å². The summed E-state index contributed by atoms with van der Waals surface area (Å²) in [5.74, 6) is 0.208. The molecule has 0 saturated carbocycles. The Balaban J connectivity index is 1.92. The van der Waals surface area contributed by atoms with Crippen LogP contribution in [0.15, 0.2) is 18.3 Å². The third-order valence-electron chi connectivity index (χ3n) is 3.67. The highest BCUT2D eigenvalue weighted by Gasteiger charge is 2.21. The van der Waals surface area contributed by atoms with Gasteiger partial charge in [0.05, 0.1) is 23.7 Å². The normalized spacial score (nSPS) is 18.3. The van der Waals surface area contributed by atoms with Crippen molar-refractivity contribution in [2.75, 3.05) is 18.0 Å². The Morgan fingerprint density at radius 1 is 1.53 bits per heavy atom. The lowest BCUT2D eigenvalue weighted by Crippen LogP contribution is -2.35. The topological polar surface area (TPSA) is 79.5 Å². The smallest absolute Gasteiger partial charge is 0.217 e. The molecule has 1 saturated heterocycles. The molecule has 2 rings (SSSR count). The number of aromatic nitrogens is 1. The molecule has 1 fully saturated rings. The Bertz CT molecular complexity index is 423. The van der Waals surface area contributed by atoms with E-state index < -0.39 is 6.10 Å². The van der Waals surface area contributed by atoms with Crippen molar-refractivity contribution < 1.29 is 9.90 Å². The lowest BCUT2D eigenvalue weighted by molar-refractivity contribution is -0.119. The molecule has 104 valence electrons. The fraction of sp³-hybridized carbons (Fsp3) is 0.571. The molecule has 1 aliphatic heterocycles. The molecule has 0 aliphatic carbocycles. The largest absolute Gasteiger partial charge is 0.387 e. The highest BCUT2D eigenvalue weighted by atomic mass is 16.3. The molecule has 1 atom stereocenters. The van der Waals surface area contributed by atoms with Gasteiger partial charge in [-0.15, -0.1) is 0 Å². The van der Waals surface area contributed by atoms with Gasteiger partial charge < -0.3 is 15.7 Å². The zero-order valence-corrected chi connectivity index (χ0v) is 11.2. The number of nitrogens with zero attached hydrogens (tertiary/aromatic N) is 2. The van der Waals surface area contributed by atoms with Crippen LogP contribution in [0.4, 0.5) is 5.69 Å². The van der Waals surface area contributed by atoms with Crippen molar-refractivity contribution in [1.82, 2.24) is 4.98 Å². The summed E-state index contributed by atoms with van der Waals surface area (Å²) in [6.45, 7) is 3.55. The summed E-state index contributed by atoms with van der Waals surface area (Å²) < 4.78 is 0. The maximum atomic E-state index is 10.9. The first-order valence-corrected chi connectivity index (χ1v) is 6.73. The fourth-order valence-electron chi connectivity index (χ4n) is 2.51. The predicted octanol–water partition coefficient (Wildman–Crippen LogP) is 1.23. The van der Waals surface area contributed by atoms with Gasteiger partial charge in [-0.1, -0.05) is 0 Å². The number of amides is 1. The van der Waals surface area contributed by atoms with Gasteiger partial charge in [0, 0.05) is 19.5 Å². The number of anilines is 1. The van der Waals surface area contributed by atoms with Crippen LogP contribution < -0.4 is 10.6 Å². The van der Waals surface area contributed by atoms with Crippen LogP contribution in [-0.4, -0.2) is 29.1 Å². The number of carbonyl (C=O) groups excluding carboxylic acids is 1. The number of primary amides is 1. The summed E-state index contributed by atoms with van der Waals surface area (Å²) in [6, 6.07) is 3.85. The van der Waals surface area contributed by atoms with Crippen LogP contribution >= 0.6 is 0 Å². The zero-order valence-electron chi connectivity index (χ0n) is 11.2. The van der Waals surface area contributed by atoms with Gasteiger partial charge in [0.1, 0.15) is 0 Å². The summed E-state index contributed by atoms with van der Waals surface area (Å²) in [4.78, 5) is 17.4. The summed E-state index contributed by atoms with van der Waals surface area (Å²) in [5.41, 5.74) is 6.99.